The highest BCUT2D eigenvalue weighted by atomic mass is 16.5. The zero-order valence-corrected chi connectivity index (χ0v) is 25.0. The molecular weight excluding hydrogens is 518 g/mol. The lowest BCUT2D eigenvalue weighted by Gasteiger charge is -2.43. The van der Waals surface area contributed by atoms with Crippen molar-refractivity contribution >= 4 is 35.0 Å². The number of carbonyl (C=O) groups excluding carboxylic acids is 2. The summed E-state index contributed by atoms with van der Waals surface area (Å²) in [5.41, 5.74) is 2.62. The van der Waals surface area contributed by atoms with Gasteiger partial charge >= 0.3 is 0 Å². The average molecular weight is 562 g/mol. The molecule has 1 aliphatic carbocycles. The van der Waals surface area contributed by atoms with E-state index in [9.17, 15) is 9.59 Å². The van der Waals surface area contributed by atoms with Crippen molar-refractivity contribution in [1.82, 2.24) is 20.2 Å². The highest BCUT2D eigenvalue weighted by molar-refractivity contribution is 6.04. The Bertz CT molecular complexity index is 1330. The molecule has 1 aromatic carbocycles. The third-order valence-corrected chi connectivity index (χ3v) is 9.20. The third-order valence-electron chi connectivity index (χ3n) is 9.20. The van der Waals surface area contributed by atoms with Gasteiger partial charge in [-0.1, -0.05) is 19.8 Å². The van der Waals surface area contributed by atoms with Crippen LogP contribution >= 0.6 is 0 Å². The van der Waals surface area contributed by atoms with Gasteiger partial charge in [-0.05, 0) is 78.2 Å². The van der Waals surface area contributed by atoms with Crippen LogP contribution in [-0.4, -0.2) is 77.6 Å². The summed E-state index contributed by atoms with van der Waals surface area (Å²) in [5.74, 6) is 1.98. The smallest absolute Gasteiger partial charge is 0.251 e. The first-order valence-electron chi connectivity index (χ1n) is 15.2. The average Bonchev–Trinajstić information content (AvgIpc) is 3.59. The van der Waals surface area contributed by atoms with E-state index in [0.29, 0.717) is 29.7 Å². The Morgan fingerprint density at radius 2 is 1.85 bits per heavy atom. The number of benzene rings is 1. The Hall–Kier alpha value is -3.40. The largest absolute Gasteiger partial charge is 0.485 e. The van der Waals surface area contributed by atoms with E-state index in [4.69, 9.17) is 9.72 Å². The molecule has 1 atom stereocenters. The van der Waals surface area contributed by atoms with Gasteiger partial charge in [-0.25, -0.2) is 4.98 Å². The maximum absolute atomic E-state index is 13.4. The number of hydrogen-bond acceptors (Lipinski definition) is 8. The number of ether oxygens (including phenoxy) is 1. The number of rotatable bonds is 6. The minimum absolute atomic E-state index is 0.0424. The fourth-order valence-electron chi connectivity index (χ4n) is 6.95. The highest BCUT2D eigenvalue weighted by Gasteiger charge is 2.41. The van der Waals surface area contributed by atoms with Crippen LogP contribution in [0.25, 0.3) is 0 Å². The summed E-state index contributed by atoms with van der Waals surface area (Å²) in [6.07, 6.45) is 9.50. The van der Waals surface area contributed by atoms with Gasteiger partial charge in [0.05, 0.1) is 11.9 Å². The van der Waals surface area contributed by atoms with Gasteiger partial charge in [-0.2, -0.15) is 4.98 Å². The first-order valence-corrected chi connectivity index (χ1v) is 15.2. The van der Waals surface area contributed by atoms with Crippen LogP contribution in [0.4, 0.5) is 23.1 Å². The zero-order valence-electron chi connectivity index (χ0n) is 25.0. The monoisotopic (exact) mass is 561 g/mol. The maximum Gasteiger partial charge on any atom is 0.251 e. The molecule has 0 spiro atoms. The van der Waals surface area contributed by atoms with Crippen molar-refractivity contribution in [3.63, 3.8) is 0 Å². The van der Waals surface area contributed by atoms with Crippen LogP contribution in [0.2, 0.25) is 0 Å². The number of fused-ring (bicyclic) bond motifs is 2. The molecule has 0 bridgehead atoms. The number of piperidine rings is 1. The van der Waals surface area contributed by atoms with E-state index < -0.39 is 5.60 Å². The Morgan fingerprint density at radius 1 is 1.12 bits per heavy atom. The molecule has 1 saturated heterocycles. The van der Waals surface area contributed by atoms with Crippen molar-refractivity contribution in [3.8, 4) is 5.75 Å². The lowest BCUT2D eigenvalue weighted by molar-refractivity contribution is -0.120. The Balaban J connectivity index is 1.30. The number of hydrogen-bond donors (Lipinski definition) is 2. The minimum Gasteiger partial charge on any atom is -0.485 e. The quantitative estimate of drug-likeness (QED) is 0.539. The van der Waals surface area contributed by atoms with Gasteiger partial charge < -0.3 is 30.1 Å². The Labute approximate surface area is 242 Å². The lowest BCUT2D eigenvalue weighted by atomic mass is 9.96. The van der Waals surface area contributed by atoms with Crippen LogP contribution in [0, 0.1) is 0 Å². The zero-order chi connectivity index (χ0) is 28.9. The molecule has 2 aromatic rings. The lowest BCUT2D eigenvalue weighted by Crippen LogP contribution is -2.55. The topological polar surface area (TPSA) is 103 Å². The van der Waals surface area contributed by atoms with E-state index in [1.54, 1.807) is 11.1 Å². The van der Waals surface area contributed by atoms with E-state index in [1.165, 1.54) is 12.8 Å². The van der Waals surface area contributed by atoms with Gasteiger partial charge in [0, 0.05) is 36.7 Å². The molecule has 3 aliphatic heterocycles. The van der Waals surface area contributed by atoms with E-state index in [0.717, 1.165) is 67.9 Å². The molecule has 4 heterocycles. The molecule has 220 valence electrons. The van der Waals surface area contributed by atoms with Gasteiger partial charge in [0.1, 0.15) is 23.1 Å². The summed E-state index contributed by atoms with van der Waals surface area (Å²) in [7, 11) is 3.93. The van der Waals surface area contributed by atoms with Gasteiger partial charge in [0.25, 0.3) is 5.91 Å². The summed E-state index contributed by atoms with van der Waals surface area (Å²) >= 11 is 0. The van der Waals surface area contributed by atoms with Crippen molar-refractivity contribution in [2.75, 3.05) is 42.3 Å². The predicted molar refractivity (Wildman–Crippen MR) is 160 cm³/mol. The van der Waals surface area contributed by atoms with Crippen LogP contribution in [0.3, 0.4) is 0 Å². The Morgan fingerprint density at radius 3 is 2.56 bits per heavy atom. The number of carbonyl (C=O) groups is 2. The standard InChI is InChI=1S/C31H43N7O3/c1-6-24-29(40)37(5)25-18-32-30(35-27(25)38(24)20-9-7-8-10-20)34-23-12-11-21(22-17-31(2,3)41-26(22)23)28(39)33-19-13-15-36(4)16-14-19/h11-12,18-20,24H,6-10,13-17H2,1-5H3,(H,33,39)(H,32,34,35). The molecule has 1 saturated carbocycles. The van der Waals surface area contributed by atoms with Crippen molar-refractivity contribution in [1.29, 1.82) is 0 Å². The van der Waals surface area contributed by atoms with Gasteiger partial charge in [0.15, 0.2) is 5.82 Å². The molecule has 0 radical (unpaired) electrons. The molecule has 4 aliphatic rings. The summed E-state index contributed by atoms with van der Waals surface area (Å²) in [6, 6.07) is 4.04. The molecule has 10 nitrogen and oxygen atoms in total. The number of anilines is 4. The van der Waals surface area contributed by atoms with Crippen LogP contribution in [0.5, 0.6) is 5.75 Å². The SMILES string of the molecule is CCC1C(=O)N(C)c2cnc(Nc3ccc(C(=O)NC4CCN(C)CC4)c4c3OC(C)(C)C4)nc2N1C1CCCC1. The predicted octanol–water partition coefficient (Wildman–Crippen LogP) is 4.26. The molecular formula is C31H43N7O3. The molecule has 6 rings (SSSR count). The summed E-state index contributed by atoms with van der Waals surface area (Å²) in [4.78, 5) is 42.5. The third kappa shape index (κ3) is 5.22. The number of nitrogens with one attached hydrogen (secondary N) is 2. The molecule has 10 heteroatoms. The first kappa shape index (κ1) is 27.8. The molecule has 2 amide bonds. The fourth-order valence-corrected chi connectivity index (χ4v) is 6.95. The maximum atomic E-state index is 13.4. The van der Waals surface area contributed by atoms with Crippen molar-refractivity contribution < 1.29 is 14.3 Å². The van der Waals surface area contributed by atoms with Crippen LogP contribution < -0.4 is 25.2 Å². The Kier molecular flexibility index (Phi) is 7.30. The minimum atomic E-state index is -0.434. The highest BCUT2D eigenvalue weighted by Crippen LogP contribution is 2.44. The number of nitrogens with zero attached hydrogens (tertiary/aromatic N) is 5. The fraction of sp³-hybridized carbons (Fsp3) is 0.613. The second kappa shape index (κ2) is 10.8. The summed E-state index contributed by atoms with van der Waals surface area (Å²) < 4.78 is 6.41. The van der Waals surface area contributed by atoms with Gasteiger partial charge in [0.2, 0.25) is 11.9 Å². The molecule has 41 heavy (non-hydrogen) atoms. The first-order chi connectivity index (χ1) is 19.6. The van der Waals surface area contributed by atoms with E-state index >= 15 is 0 Å². The molecule has 1 aromatic heterocycles. The number of likely N-dealkylation sites (tertiary alicyclic amines) is 1. The second-order valence-corrected chi connectivity index (χ2v) is 12.8. The van der Waals surface area contributed by atoms with Crippen molar-refractivity contribution in [2.24, 2.45) is 0 Å². The van der Waals surface area contributed by atoms with Crippen LogP contribution in [0.1, 0.15) is 81.6 Å². The van der Waals surface area contributed by atoms with E-state index in [-0.39, 0.29) is 23.9 Å². The van der Waals surface area contributed by atoms with Crippen LogP contribution in [-0.2, 0) is 11.2 Å². The summed E-state index contributed by atoms with van der Waals surface area (Å²) in [6.45, 7) is 8.13. The van der Waals surface area contributed by atoms with Crippen LogP contribution in [0.15, 0.2) is 18.3 Å². The molecule has 1 unspecified atom stereocenters. The number of amides is 2. The number of likely N-dealkylation sites (N-methyl/N-ethyl adjacent to an activating group) is 1. The van der Waals surface area contributed by atoms with E-state index in [2.05, 4.69) is 39.4 Å². The second-order valence-electron chi connectivity index (χ2n) is 12.8. The van der Waals surface area contributed by atoms with Gasteiger partial charge in [-0.15, -0.1) is 0 Å². The van der Waals surface area contributed by atoms with E-state index in [1.807, 2.05) is 33.0 Å². The van der Waals surface area contributed by atoms with Gasteiger partial charge in [-0.3, -0.25) is 9.59 Å². The summed E-state index contributed by atoms with van der Waals surface area (Å²) in [5, 5.41) is 6.66. The van der Waals surface area contributed by atoms with Crippen molar-refractivity contribution in [3.05, 3.63) is 29.5 Å². The number of aromatic nitrogens is 2. The molecule has 2 N–H and O–H groups in total. The molecule has 2 fully saturated rings. The van der Waals surface area contributed by atoms with Crippen molar-refractivity contribution in [2.45, 2.75) is 95.9 Å². The normalized spacial score (nSPS) is 22.9.